The SMILES string of the molecule is C[Si]1(C)CC=C[C@H]2OCCC[C@@H]2O1. The third kappa shape index (κ3) is 2.21. The molecule has 2 nitrogen and oxygen atoms in total. The largest absolute Gasteiger partial charge is 0.411 e. The van der Waals surface area contributed by atoms with Gasteiger partial charge in [0.2, 0.25) is 0 Å². The highest BCUT2D eigenvalue weighted by atomic mass is 28.4. The van der Waals surface area contributed by atoms with E-state index in [-0.39, 0.29) is 6.10 Å². The van der Waals surface area contributed by atoms with E-state index in [1.807, 2.05) is 0 Å². The lowest BCUT2D eigenvalue weighted by atomic mass is 10.1. The zero-order valence-corrected chi connectivity index (χ0v) is 9.45. The molecule has 0 aromatic heterocycles. The first-order valence-electron chi connectivity index (χ1n) is 5.13. The van der Waals surface area contributed by atoms with Crippen LogP contribution in [-0.4, -0.2) is 27.1 Å². The number of ether oxygens (including phenoxy) is 1. The molecule has 0 unspecified atom stereocenters. The molecular weight excluding hydrogens is 180 g/mol. The Balaban J connectivity index is 2.09. The highest BCUT2D eigenvalue weighted by Gasteiger charge is 2.33. The fraction of sp³-hybridized carbons (Fsp3) is 0.800. The maximum Gasteiger partial charge on any atom is 0.191 e. The molecule has 2 aliphatic heterocycles. The molecule has 0 N–H and O–H groups in total. The molecule has 0 spiro atoms. The minimum absolute atomic E-state index is 0.239. The van der Waals surface area contributed by atoms with Gasteiger partial charge < -0.3 is 9.16 Å². The Bertz CT molecular complexity index is 213. The third-order valence-electron chi connectivity index (χ3n) is 2.72. The molecule has 13 heavy (non-hydrogen) atoms. The molecule has 0 bridgehead atoms. The van der Waals surface area contributed by atoms with E-state index in [1.54, 1.807) is 0 Å². The van der Waals surface area contributed by atoms with Gasteiger partial charge >= 0.3 is 0 Å². The molecule has 2 aliphatic rings. The lowest BCUT2D eigenvalue weighted by Gasteiger charge is -2.33. The van der Waals surface area contributed by atoms with Crippen molar-refractivity contribution in [2.45, 2.75) is 44.2 Å². The normalized spacial score (nSPS) is 38.0. The van der Waals surface area contributed by atoms with Gasteiger partial charge in [0.15, 0.2) is 8.32 Å². The second kappa shape index (κ2) is 3.56. The summed E-state index contributed by atoms with van der Waals surface area (Å²) in [5.74, 6) is 0. The van der Waals surface area contributed by atoms with Crippen LogP contribution in [0, 0.1) is 0 Å². The van der Waals surface area contributed by atoms with Crippen molar-refractivity contribution in [3.63, 3.8) is 0 Å². The molecule has 74 valence electrons. The molecule has 0 amide bonds. The molecule has 2 atom stereocenters. The third-order valence-corrected chi connectivity index (χ3v) is 4.88. The fourth-order valence-corrected chi connectivity index (χ4v) is 3.90. The van der Waals surface area contributed by atoms with Gasteiger partial charge in [-0.3, -0.25) is 0 Å². The summed E-state index contributed by atoms with van der Waals surface area (Å²) in [6, 6.07) is 1.13. The summed E-state index contributed by atoms with van der Waals surface area (Å²) in [5.41, 5.74) is 0. The van der Waals surface area contributed by atoms with Crippen LogP contribution >= 0.6 is 0 Å². The van der Waals surface area contributed by atoms with Crippen LogP contribution in [0.15, 0.2) is 12.2 Å². The average Bonchev–Trinajstić information content (AvgIpc) is 2.21. The summed E-state index contributed by atoms with van der Waals surface area (Å²) in [4.78, 5) is 0. The zero-order valence-electron chi connectivity index (χ0n) is 8.45. The van der Waals surface area contributed by atoms with Crippen LogP contribution in [0.1, 0.15) is 12.8 Å². The lowest BCUT2D eigenvalue weighted by Crippen LogP contribution is -2.41. The number of hydrogen-bond acceptors (Lipinski definition) is 2. The minimum Gasteiger partial charge on any atom is -0.411 e. The van der Waals surface area contributed by atoms with E-state index in [0.29, 0.717) is 6.10 Å². The summed E-state index contributed by atoms with van der Waals surface area (Å²) in [6.45, 7) is 5.47. The van der Waals surface area contributed by atoms with Crippen LogP contribution in [0.25, 0.3) is 0 Å². The van der Waals surface area contributed by atoms with Crippen LogP contribution in [0.2, 0.25) is 19.1 Å². The molecule has 3 heteroatoms. The summed E-state index contributed by atoms with van der Waals surface area (Å²) in [6.07, 6.45) is 7.36. The first-order chi connectivity index (χ1) is 6.17. The quantitative estimate of drug-likeness (QED) is 0.439. The number of hydrogen-bond donors (Lipinski definition) is 0. The Labute approximate surface area is 81.1 Å². The molecule has 0 aromatic rings. The van der Waals surface area contributed by atoms with Gasteiger partial charge in [0.1, 0.15) is 6.10 Å². The van der Waals surface area contributed by atoms with Crippen LogP contribution in [0.4, 0.5) is 0 Å². The van der Waals surface area contributed by atoms with Crippen molar-refractivity contribution in [2.75, 3.05) is 6.61 Å². The number of fused-ring (bicyclic) bond motifs is 1. The van der Waals surface area contributed by atoms with Crippen molar-refractivity contribution in [1.82, 2.24) is 0 Å². The van der Waals surface area contributed by atoms with Gasteiger partial charge in [-0.15, -0.1) is 0 Å². The van der Waals surface area contributed by atoms with Crippen molar-refractivity contribution in [3.8, 4) is 0 Å². The van der Waals surface area contributed by atoms with Crippen molar-refractivity contribution >= 4 is 8.32 Å². The molecule has 0 saturated carbocycles. The van der Waals surface area contributed by atoms with Crippen LogP contribution in [0.5, 0.6) is 0 Å². The molecule has 1 saturated heterocycles. The Morgan fingerprint density at radius 3 is 3.08 bits per heavy atom. The van der Waals surface area contributed by atoms with E-state index >= 15 is 0 Å². The van der Waals surface area contributed by atoms with E-state index in [2.05, 4.69) is 25.2 Å². The molecular formula is C10H18O2Si. The smallest absolute Gasteiger partial charge is 0.191 e. The van der Waals surface area contributed by atoms with Gasteiger partial charge in [0, 0.05) is 6.61 Å². The molecule has 2 heterocycles. The van der Waals surface area contributed by atoms with Gasteiger partial charge in [0.25, 0.3) is 0 Å². The van der Waals surface area contributed by atoms with Crippen molar-refractivity contribution in [1.29, 1.82) is 0 Å². The number of allylic oxidation sites excluding steroid dienone is 1. The summed E-state index contributed by atoms with van der Waals surface area (Å²) >= 11 is 0. The van der Waals surface area contributed by atoms with Crippen molar-refractivity contribution < 1.29 is 9.16 Å². The molecule has 1 fully saturated rings. The summed E-state index contributed by atoms with van der Waals surface area (Å²) in [7, 11) is -1.42. The van der Waals surface area contributed by atoms with Crippen LogP contribution in [-0.2, 0) is 9.16 Å². The average molecular weight is 198 g/mol. The predicted octanol–water partition coefficient (Wildman–Crippen LogP) is 2.33. The first kappa shape index (κ1) is 9.43. The Kier molecular flexibility index (Phi) is 2.58. The maximum atomic E-state index is 6.15. The predicted molar refractivity (Wildman–Crippen MR) is 55.3 cm³/mol. The van der Waals surface area contributed by atoms with Gasteiger partial charge in [-0.05, 0) is 32.0 Å². The zero-order chi connectivity index (χ0) is 9.31. The summed E-state index contributed by atoms with van der Waals surface area (Å²) < 4.78 is 11.8. The van der Waals surface area contributed by atoms with Gasteiger partial charge in [-0.2, -0.15) is 0 Å². The highest BCUT2D eigenvalue weighted by Crippen LogP contribution is 2.27. The monoisotopic (exact) mass is 198 g/mol. The van der Waals surface area contributed by atoms with Crippen molar-refractivity contribution in [2.24, 2.45) is 0 Å². The molecule has 0 radical (unpaired) electrons. The Morgan fingerprint density at radius 2 is 2.23 bits per heavy atom. The molecule has 2 rings (SSSR count). The minimum atomic E-state index is -1.42. The van der Waals surface area contributed by atoms with Crippen LogP contribution < -0.4 is 0 Å². The second-order valence-electron chi connectivity index (χ2n) is 4.53. The standard InChI is InChI=1S/C10H18O2Si/c1-13(2)8-4-6-9-10(12-13)5-3-7-11-9/h4,6,9-10H,3,5,7-8H2,1-2H3/t9-,10+/m1/s1. The van der Waals surface area contributed by atoms with Crippen molar-refractivity contribution in [3.05, 3.63) is 12.2 Å². The number of rotatable bonds is 0. The van der Waals surface area contributed by atoms with Crippen LogP contribution in [0.3, 0.4) is 0 Å². The first-order valence-corrected chi connectivity index (χ1v) is 8.25. The summed E-state index contributed by atoms with van der Waals surface area (Å²) in [5, 5.41) is 0. The van der Waals surface area contributed by atoms with E-state index in [1.165, 1.54) is 6.42 Å². The van der Waals surface area contributed by atoms with E-state index in [4.69, 9.17) is 9.16 Å². The van der Waals surface area contributed by atoms with E-state index in [0.717, 1.165) is 19.1 Å². The molecule has 0 aliphatic carbocycles. The van der Waals surface area contributed by atoms with Gasteiger partial charge in [0.05, 0.1) is 6.10 Å². The van der Waals surface area contributed by atoms with Gasteiger partial charge in [-0.1, -0.05) is 12.2 Å². The van der Waals surface area contributed by atoms with E-state index in [9.17, 15) is 0 Å². The topological polar surface area (TPSA) is 18.5 Å². The lowest BCUT2D eigenvalue weighted by molar-refractivity contribution is -0.0387. The Morgan fingerprint density at radius 1 is 1.38 bits per heavy atom. The second-order valence-corrected chi connectivity index (χ2v) is 8.69. The maximum absolute atomic E-state index is 6.15. The fourth-order valence-electron chi connectivity index (χ4n) is 2.02. The molecule has 0 aromatic carbocycles. The Hall–Kier alpha value is -0.123. The van der Waals surface area contributed by atoms with E-state index < -0.39 is 8.32 Å². The van der Waals surface area contributed by atoms with Gasteiger partial charge in [-0.25, -0.2) is 0 Å². The highest BCUT2D eigenvalue weighted by molar-refractivity contribution is 6.71.